The molecule has 0 saturated carbocycles. The van der Waals surface area contributed by atoms with Gasteiger partial charge in [-0.1, -0.05) is 6.58 Å². The summed E-state index contributed by atoms with van der Waals surface area (Å²) < 4.78 is 14.4. The topological polar surface area (TPSA) is 48.7 Å². The van der Waals surface area contributed by atoms with Gasteiger partial charge in [0.25, 0.3) is 5.95 Å². The Morgan fingerprint density at radius 1 is 1.44 bits per heavy atom. The summed E-state index contributed by atoms with van der Waals surface area (Å²) in [6.07, 6.45) is 3.99. The van der Waals surface area contributed by atoms with Crippen molar-refractivity contribution in [2.75, 3.05) is 13.2 Å². The van der Waals surface area contributed by atoms with Crippen molar-refractivity contribution in [1.29, 1.82) is 0 Å². The first-order valence-electron chi connectivity index (χ1n) is 5.19. The van der Waals surface area contributed by atoms with Crippen LogP contribution in [0.1, 0.15) is 19.8 Å². The molecule has 4 heteroatoms. The zero-order chi connectivity index (χ0) is 11.8. The Balaban J connectivity index is 0.000000212. The van der Waals surface area contributed by atoms with Crippen molar-refractivity contribution in [3.8, 4) is 5.95 Å². The lowest BCUT2D eigenvalue weighted by atomic mass is 10.4. The van der Waals surface area contributed by atoms with Gasteiger partial charge in [-0.05, 0) is 25.8 Å². The first-order chi connectivity index (χ1) is 7.70. The van der Waals surface area contributed by atoms with E-state index in [4.69, 9.17) is 13.9 Å². The zero-order valence-corrected chi connectivity index (χ0v) is 9.40. The molecule has 0 amide bonds. The standard InChI is InChI=1S/C8H8O3.C4H8O/c1-6(2)8(9)11-7-4-3-5-10-7;1-2-4-5-3-1/h3-5H,1H2,2H3;1-4H2. The van der Waals surface area contributed by atoms with Crippen LogP contribution in [-0.2, 0) is 9.53 Å². The molecule has 0 atom stereocenters. The Morgan fingerprint density at radius 2 is 2.12 bits per heavy atom. The molecule has 0 unspecified atom stereocenters. The zero-order valence-electron chi connectivity index (χ0n) is 9.40. The second-order valence-electron chi connectivity index (χ2n) is 3.42. The van der Waals surface area contributed by atoms with E-state index in [0.717, 1.165) is 13.2 Å². The smallest absolute Gasteiger partial charge is 0.340 e. The van der Waals surface area contributed by atoms with Gasteiger partial charge in [0.15, 0.2) is 0 Å². The Hall–Kier alpha value is -1.55. The molecule has 16 heavy (non-hydrogen) atoms. The second kappa shape index (κ2) is 6.85. The fraction of sp³-hybridized carbons (Fsp3) is 0.417. The van der Waals surface area contributed by atoms with Crippen molar-refractivity contribution < 1.29 is 18.7 Å². The first-order valence-corrected chi connectivity index (χ1v) is 5.19. The number of hydrogen-bond acceptors (Lipinski definition) is 4. The van der Waals surface area contributed by atoms with E-state index in [1.807, 2.05) is 0 Å². The van der Waals surface area contributed by atoms with Gasteiger partial charge >= 0.3 is 5.97 Å². The third-order valence-corrected chi connectivity index (χ3v) is 1.86. The molecule has 0 spiro atoms. The molecule has 0 aromatic carbocycles. The van der Waals surface area contributed by atoms with Crippen molar-refractivity contribution >= 4 is 5.97 Å². The van der Waals surface area contributed by atoms with Crippen LogP contribution < -0.4 is 4.74 Å². The average Bonchev–Trinajstić information content (AvgIpc) is 2.92. The Bertz CT molecular complexity index is 315. The van der Waals surface area contributed by atoms with Crippen LogP contribution in [0, 0.1) is 0 Å². The largest absolute Gasteiger partial charge is 0.434 e. The summed E-state index contributed by atoms with van der Waals surface area (Å²) in [6.45, 7) is 6.99. The first kappa shape index (κ1) is 12.5. The van der Waals surface area contributed by atoms with Gasteiger partial charge in [-0.3, -0.25) is 0 Å². The summed E-state index contributed by atoms with van der Waals surface area (Å²) in [4.78, 5) is 10.8. The van der Waals surface area contributed by atoms with Crippen LogP contribution >= 0.6 is 0 Å². The maximum atomic E-state index is 10.8. The summed E-state index contributed by atoms with van der Waals surface area (Å²) in [5.41, 5.74) is 0.349. The Morgan fingerprint density at radius 3 is 2.50 bits per heavy atom. The fourth-order valence-corrected chi connectivity index (χ4v) is 1.01. The number of hydrogen-bond donors (Lipinski definition) is 0. The summed E-state index contributed by atoms with van der Waals surface area (Å²) in [6, 6.07) is 3.20. The minimum absolute atomic E-state index is 0.193. The van der Waals surface area contributed by atoms with Crippen LogP contribution in [0.3, 0.4) is 0 Å². The van der Waals surface area contributed by atoms with Crippen LogP contribution in [0.4, 0.5) is 0 Å². The third-order valence-electron chi connectivity index (χ3n) is 1.86. The quantitative estimate of drug-likeness (QED) is 0.572. The van der Waals surface area contributed by atoms with E-state index in [9.17, 15) is 4.79 Å². The van der Waals surface area contributed by atoms with E-state index < -0.39 is 5.97 Å². The molecule has 0 N–H and O–H groups in total. The molecule has 1 aromatic heterocycles. The summed E-state index contributed by atoms with van der Waals surface area (Å²) in [5.74, 6) is -0.280. The molecular weight excluding hydrogens is 208 g/mol. The van der Waals surface area contributed by atoms with E-state index in [1.54, 1.807) is 19.1 Å². The normalized spacial score (nSPS) is 13.8. The minimum Gasteiger partial charge on any atom is -0.434 e. The highest BCUT2D eigenvalue weighted by molar-refractivity contribution is 5.88. The van der Waals surface area contributed by atoms with Crippen molar-refractivity contribution in [3.05, 3.63) is 30.5 Å². The molecular formula is C12H16O4. The van der Waals surface area contributed by atoms with Crippen LogP contribution in [0.2, 0.25) is 0 Å². The van der Waals surface area contributed by atoms with E-state index >= 15 is 0 Å². The summed E-state index contributed by atoms with van der Waals surface area (Å²) in [5, 5.41) is 0. The predicted octanol–water partition coefficient (Wildman–Crippen LogP) is 2.56. The molecule has 1 fully saturated rings. The number of furan rings is 1. The van der Waals surface area contributed by atoms with Gasteiger partial charge in [-0.2, -0.15) is 0 Å². The molecule has 1 aliphatic rings. The Kier molecular flexibility index (Phi) is 5.36. The van der Waals surface area contributed by atoms with Gasteiger partial charge in [0.05, 0.1) is 6.26 Å². The second-order valence-corrected chi connectivity index (χ2v) is 3.42. The van der Waals surface area contributed by atoms with Crippen molar-refractivity contribution in [1.82, 2.24) is 0 Å². The number of ether oxygens (including phenoxy) is 2. The molecule has 4 nitrogen and oxygen atoms in total. The summed E-state index contributed by atoms with van der Waals surface area (Å²) in [7, 11) is 0. The maximum Gasteiger partial charge on any atom is 0.340 e. The van der Waals surface area contributed by atoms with Crippen molar-refractivity contribution in [2.45, 2.75) is 19.8 Å². The van der Waals surface area contributed by atoms with Gasteiger partial charge < -0.3 is 13.9 Å². The van der Waals surface area contributed by atoms with Gasteiger partial charge in [0.1, 0.15) is 0 Å². The minimum atomic E-state index is -0.472. The lowest BCUT2D eigenvalue weighted by Gasteiger charge is -1.96. The van der Waals surface area contributed by atoms with Crippen LogP contribution in [0.15, 0.2) is 35.0 Å². The number of esters is 1. The average molecular weight is 224 g/mol. The highest BCUT2D eigenvalue weighted by atomic mass is 16.6. The van der Waals surface area contributed by atoms with Crippen molar-refractivity contribution in [2.24, 2.45) is 0 Å². The lowest BCUT2D eigenvalue weighted by molar-refractivity contribution is -0.131. The molecule has 1 saturated heterocycles. The number of carbonyl (C=O) groups is 1. The summed E-state index contributed by atoms with van der Waals surface area (Å²) >= 11 is 0. The third kappa shape index (κ3) is 4.79. The highest BCUT2D eigenvalue weighted by Crippen LogP contribution is 2.11. The lowest BCUT2D eigenvalue weighted by Crippen LogP contribution is -2.07. The molecule has 2 rings (SSSR count). The monoisotopic (exact) mass is 224 g/mol. The molecule has 1 aromatic rings. The molecule has 0 aliphatic carbocycles. The van der Waals surface area contributed by atoms with Gasteiger partial charge in [0, 0.05) is 24.9 Å². The molecule has 0 radical (unpaired) electrons. The van der Waals surface area contributed by atoms with E-state index in [1.165, 1.54) is 19.1 Å². The number of carbonyl (C=O) groups excluding carboxylic acids is 1. The van der Waals surface area contributed by atoms with E-state index in [0.29, 0.717) is 5.57 Å². The van der Waals surface area contributed by atoms with Crippen molar-refractivity contribution in [3.63, 3.8) is 0 Å². The van der Waals surface area contributed by atoms with Crippen LogP contribution in [0.5, 0.6) is 5.95 Å². The maximum absolute atomic E-state index is 10.8. The SMILES string of the molecule is C1CCOC1.C=C(C)C(=O)Oc1ccco1. The molecule has 0 bridgehead atoms. The Labute approximate surface area is 94.8 Å². The van der Waals surface area contributed by atoms with E-state index in [-0.39, 0.29) is 5.95 Å². The van der Waals surface area contributed by atoms with Gasteiger partial charge in [-0.25, -0.2) is 4.79 Å². The van der Waals surface area contributed by atoms with Gasteiger partial charge in [-0.15, -0.1) is 0 Å². The van der Waals surface area contributed by atoms with Gasteiger partial charge in [0.2, 0.25) is 0 Å². The fourth-order valence-electron chi connectivity index (χ4n) is 1.01. The van der Waals surface area contributed by atoms with Crippen LogP contribution in [-0.4, -0.2) is 19.2 Å². The van der Waals surface area contributed by atoms with E-state index in [2.05, 4.69) is 6.58 Å². The molecule has 1 aliphatic heterocycles. The molecule has 2 heterocycles. The number of rotatable bonds is 2. The van der Waals surface area contributed by atoms with Crippen LogP contribution in [0.25, 0.3) is 0 Å². The molecule has 88 valence electrons. The highest BCUT2D eigenvalue weighted by Gasteiger charge is 2.05. The predicted molar refractivity (Wildman–Crippen MR) is 59.2 cm³/mol.